The van der Waals surface area contributed by atoms with Crippen LogP contribution in [0.25, 0.3) is 0 Å². The van der Waals surface area contributed by atoms with Gasteiger partial charge in [0.1, 0.15) is 4.64 Å². The van der Waals surface area contributed by atoms with E-state index in [-0.39, 0.29) is 6.04 Å². The molecule has 1 N–H and O–H groups in total. The summed E-state index contributed by atoms with van der Waals surface area (Å²) in [7, 11) is 0. The number of nitrogens with zero attached hydrogens (tertiary/aromatic N) is 1. The fraction of sp³-hybridized carbons (Fsp3) is 0.500. The quantitative estimate of drug-likeness (QED) is 0.633. The maximum Gasteiger partial charge on any atom is 0.210 e. The Kier molecular flexibility index (Phi) is 3.39. The number of likely N-dealkylation sites (tertiary alicyclic amines) is 1. The van der Waals surface area contributed by atoms with Crippen LogP contribution in [0.15, 0.2) is 12.3 Å². The van der Waals surface area contributed by atoms with Crippen molar-refractivity contribution in [1.82, 2.24) is 9.88 Å². The van der Waals surface area contributed by atoms with E-state index < -0.39 is 0 Å². The largest absolute Gasteiger partial charge is 0.352 e. The molecule has 1 aliphatic heterocycles. The van der Waals surface area contributed by atoms with E-state index in [1.165, 1.54) is 6.42 Å². The van der Waals surface area contributed by atoms with Crippen LogP contribution >= 0.6 is 12.2 Å². The van der Waals surface area contributed by atoms with E-state index in [0.717, 1.165) is 41.6 Å². The van der Waals surface area contributed by atoms with Gasteiger partial charge in [0.2, 0.25) is 6.41 Å². The summed E-state index contributed by atoms with van der Waals surface area (Å²) in [6.45, 7) is 2.86. The van der Waals surface area contributed by atoms with Crippen molar-refractivity contribution in [2.45, 2.75) is 32.2 Å². The molecule has 16 heavy (non-hydrogen) atoms. The summed E-state index contributed by atoms with van der Waals surface area (Å²) in [4.78, 5) is 16.0. The Bertz CT molecular complexity index is 441. The number of amides is 1. The zero-order valence-corrected chi connectivity index (χ0v) is 10.2. The Morgan fingerprint density at radius 3 is 3.06 bits per heavy atom. The normalized spacial score (nSPS) is 20.8. The van der Waals surface area contributed by atoms with Gasteiger partial charge in [-0.15, -0.1) is 0 Å². The van der Waals surface area contributed by atoms with Gasteiger partial charge in [0.15, 0.2) is 0 Å². The van der Waals surface area contributed by atoms with Crippen molar-refractivity contribution in [2.75, 3.05) is 6.54 Å². The summed E-state index contributed by atoms with van der Waals surface area (Å²) in [6.07, 6.45) is 6.23. The maximum atomic E-state index is 11.0. The molecule has 4 heteroatoms. The highest BCUT2D eigenvalue weighted by molar-refractivity contribution is 7.71. The number of piperidine rings is 1. The molecule has 1 saturated heterocycles. The molecule has 1 aliphatic rings. The van der Waals surface area contributed by atoms with E-state index in [1.807, 2.05) is 18.0 Å². The molecule has 0 bridgehead atoms. The molecule has 1 atom stereocenters. The maximum absolute atomic E-state index is 11.0. The molecule has 0 aromatic carbocycles. The first-order valence-corrected chi connectivity index (χ1v) is 6.03. The number of aryl methyl sites for hydroxylation is 1. The molecular weight excluding hydrogens is 220 g/mol. The lowest BCUT2D eigenvalue weighted by molar-refractivity contribution is -0.121. The lowest BCUT2D eigenvalue weighted by atomic mass is 9.96. The van der Waals surface area contributed by atoms with Gasteiger partial charge in [-0.05, 0) is 43.4 Å². The summed E-state index contributed by atoms with van der Waals surface area (Å²) in [6, 6.07) is 2.31. The van der Waals surface area contributed by atoms with Gasteiger partial charge >= 0.3 is 0 Å². The number of aromatic amines is 1. The SMILES string of the molecule is Cc1cc([C@H]2CCCCN2C=O)c[nH]c1=S. The zero-order valence-electron chi connectivity index (χ0n) is 9.40. The predicted octanol–water partition coefficient (Wildman–Crippen LogP) is 2.74. The fourth-order valence-electron chi connectivity index (χ4n) is 2.25. The van der Waals surface area contributed by atoms with Gasteiger partial charge in [0.05, 0.1) is 6.04 Å². The van der Waals surface area contributed by atoms with Crippen molar-refractivity contribution in [3.63, 3.8) is 0 Å². The molecule has 0 aliphatic carbocycles. The summed E-state index contributed by atoms with van der Waals surface area (Å²) >= 11 is 5.13. The second kappa shape index (κ2) is 4.78. The van der Waals surface area contributed by atoms with Crippen LogP contribution in [0.2, 0.25) is 0 Å². The van der Waals surface area contributed by atoms with Crippen molar-refractivity contribution in [3.05, 3.63) is 28.0 Å². The van der Waals surface area contributed by atoms with Crippen LogP contribution in [0.1, 0.15) is 36.4 Å². The smallest absolute Gasteiger partial charge is 0.210 e. The summed E-state index contributed by atoms with van der Waals surface area (Å²) in [5.74, 6) is 0. The predicted molar refractivity (Wildman–Crippen MR) is 65.7 cm³/mol. The number of aromatic nitrogens is 1. The molecule has 2 rings (SSSR count). The molecule has 86 valence electrons. The molecule has 3 nitrogen and oxygen atoms in total. The molecule has 0 saturated carbocycles. The van der Waals surface area contributed by atoms with Crippen molar-refractivity contribution < 1.29 is 4.79 Å². The highest BCUT2D eigenvalue weighted by atomic mass is 32.1. The third-order valence-electron chi connectivity index (χ3n) is 3.18. The topological polar surface area (TPSA) is 36.1 Å². The number of carbonyl (C=O) groups excluding carboxylic acids is 1. The van der Waals surface area contributed by atoms with Gasteiger partial charge in [0.25, 0.3) is 0 Å². The number of hydrogen-bond donors (Lipinski definition) is 1. The van der Waals surface area contributed by atoms with E-state index in [9.17, 15) is 4.79 Å². The number of carbonyl (C=O) groups is 1. The molecule has 1 aromatic rings. The Morgan fingerprint density at radius 2 is 2.38 bits per heavy atom. The molecule has 1 fully saturated rings. The molecular formula is C12H16N2OS. The number of nitrogens with one attached hydrogen (secondary N) is 1. The lowest BCUT2D eigenvalue weighted by Crippen LogP contribution is -2.32. The molecule has 1 aromatic heterocycles. The summed E-state index contributed by atoms with van der Waals surface area (Å²) in [5.41, 5.74) is 2.24. The van der Waals surface area contributed by atoms with Gasteiger partial charge < -0.3 is 9.88 Å². The van der Waals surface area contributed by atoms with Crippen molar-refractivity contribution in [3.8, 4) is 0 Å². The monoisotopic (exact) mass is 236 g/mol. The van der Waals surface area contributed by atoms with E-state index in [4.69, 9.17) is 12.2 Å². The highest BCUT2D eigenvalue weighted by Gasteiger charge is 2.22. The van der Waals surface area contributed by atoms with Crippen LogP contribution in [-0.4, -0.2) is 22.8 Å². The van der Waals surface area contributed by atoms with E-state index in [0.29, 0.717) is 0 Å². The Hall–Kier alpha value is -1.16. The van der Waals surface area contributed by atoms with Crippen LogP contribution in [-0.2, 0) is 4.79 Å². The minimum Gasteiger partial charge on any atom is -0.352 e. The first-order valence-electron chi connectivity index (χ1n) is 5.62. The lowest BCUT2D eigenvalue weighted by Gasteiger charge is -2.33. The Balaban J connectivity index is 2.30. The average molecular weight is 236 g/mol. The minimum absolute atomic E-state index is 0.219. The third kappa shape index (κ3) is 2.16. The number of pyridine rings is 1. The molecule has 2 heterocycles. The van der Waals surface area contributed by atoms with Gasteiger partial charge in [-0.25, -0.2) is 0 Å². The van der Waals surface area contributed by atoms with Crippen molar-refractivity contribution >= 4 is 18.6 Å². The second-order valence-electron chi connectivity index (χ2n) is 4.30. The summed E-state index contributed by atoms with van der Waals surface area (Å²) in [5, 5.41) is 0. The fourth-order valence-corrected chi connectivity index (χ4v) is 2.37. The van der Waals surface area contributed by atoms with Crippen molar-refractivity contribution in [2.24, 2.45) is 0 Å². The number of rotatable bonds is 2. The van der Waals surface area contributed by atoms with E-state index in [2.05, 4.69) is 11.1 Å². The first kappa shape index (κ1) is 11.3. The van der Waals surface area contributed by atoms with Gasteiger partial charge in [-0.2, -0.15) is 0 Å². The third-order valence-corrected chi connectivity index (χ3v) is 3.62. The Labute approximate surface area is 100 Å². The highest BCUT2D eigenvalue weighted by Crippen LogP contribution is 2.29. The van der Waals surface area contributed by atoms with Crippen LogP contribution < -0.4 is 0 Å². The molecule has 0 radical (unpaired) electrons. The van der Waals surface area contributed by atoms with Gasteiger partial charge in [0, 0.05) is 12.7 Å². The van der Waals surface area contributed by atoms with Crippen LogP contribution in [0.3, 0.4) is 0 Å². The van der Waals surface area contributed by atoms with E-state index in [1.54, 1.807) is 0 Å². The van der Waals surface area contributed by atoms with Crippen molar-refractivity contribution in [1.29, 1.82) is 0 Å². The van der Waals surface area contributed by atoms with Crippen LogP contribution in [0.4, 0.5) is 0 Å². The second-order valence-corrected chi connectivity index (χ2v) is 4.71. The number of H-pyrrole nitrogens is 1. The first-order chi connectivity index (χ1) is 7.72. The Morgan fingerprint density at radius 1 is 1.56 bits per heavy atom. The minimum atomic E-state index is 0.219. The molecule has 0 spiro atoms. The molecule has 0 unspecified atom stereocenters. The number of hydrogen-bond acceptors (Lipinski definition) is 2. The van der Waals surface area contributed by atoms with Crippen LogP contribution in [0.5, 0.6) is 0 Å². The molecule has 1 amide bonds. The van der Waals surface area contributed by atoms with Crippen LogP contribution in [0, 0.1) is 11.6 Å². The average Bonchev–Trinajstić information content (AvgIpc) is 2.32. The zero-order chi connectivity index (χ0) is 11.5. The van der Waals surface area contributed by atoms with Gasteiger partial charge in [-0.3, -0.25) is 4.79 Å². The standard InChI is InChI=1S/C12H16N2OS/c1-9-6-10(7-13-12(9)16)11-4-2-3-5-14(11)8-15/h6-8,11H,2-5H2,1H3,(H,13,16)/t11-/m1/s1. The summed E-state index contributed by atoms with van der Waals surface area (Å²) < 4.78 is 0.775. The van der Waals surface area contributed by atoms with Gasteiger partial charge in [-0.1, -0.05) is 12.2 Å². The van der Waals surface area contributed by atoms with E-state index >= 15 is 0 Å².